The molecular weight excluding hydrogens is 254 g/mol. The summed E-state index contributed by atoms with van der Waals surface area (Å²) in [5.74, 6) is -0.254. The lowest BCUT2D eigenvalue weighted by atomic mass is 9.82. The zero-order valence-electron chi connectivity index (χ0n) is 13.1. The molecule has 4 heteroatoms. The van der Waals surface area contributed by atoms with Crippen LogP contribution in [-0.2, 0) is 9.59 Å². The van der Waals surface area contributed by atoms with Crippen molar-refractivity contribution in [2.24, 2.45) is 11.3 Å². The maximum atomic E-state index is 12.1. The summed E-state index contributed by atoms with van der Waals surface area (Å²) in [6, 6.07) is 0.253. The van der Waals surface area contributed by atoms with Crippen LogP contribution in [0, 0.1) is 11.3 Å². The predicted molar refractivity (Wildman–Crippen MR) is 79.4 cm³/mol. The van der Waals surface area contributed by atoms with Gasteiger partial charge in [-0.1, -0.05) is 40.0 Å². The minimum atomic E-state index is -0.845. The van der Waals surface area contributed by atoms with Crippen molar-refractivity contribution < 1.29 is 14.7 Å². The number of amides is 1. The highest BCUT2D eigenvalue weighted by atomic mass is 16.4. The van der Waals surface area contributed by atoms with Crippen LogP contribution in [-0.4, -0.2) is 23.0 Å². The van der Waals surface area contributed by atoms with Gasteiger partial charge in [0, 0.05) is 12.5 Å². The highest BCUT2D eigenvalue weighted by molar-refractivity contribution is 5.78. The Kier molecular flexibility index (Phi) is 6.50. The number of rotatable bonds is 7. The number of carboxylic acid groups (broad SMARTS) is 1. The molecule has 1 unspecified atom stereocenters. The number of hydrogen-bond acceptors (Lipinski definition) is 2. The van der Waals surface area contributed by atoms with Crippen LogP contribution in [0.5, 0.6) is 0 Å². The van der Waals surface area contributed by atoms with Crippen LogP contribution in [0.15, 0.2) is 0 Å². The molecule has 1 amide bonds. The molecule has 1 aliphatic carbocycles. The third-order valence-corrected chi connectivity index (χ3v) is 4.27. The SMILES string of the molecule is CCC(NC(=O)CC(C)(C)CC(=O)O)C1CCCCC1. The molecule has 0 saturated heterocycles. The summed E-state index contributed by atoms with van der Waals surface area (Å²) < 4.78 is 0. The summed E-state index contributed by atoms with van der Waals surface area (Å²) in [6.45, 7) is 5.78. The molecule has 0 aromatic heterocycles. The van der Waals surface area contributed by atoms with E-state index in [1.54, 1.807) is 0 Å². The molecular formula is C16H29NO3. The van der Waals surface area contributed by atoms with Crippen LogP contribution in [0.25, 0.3) is 0 Å². The molecule has 2 N–H and O–H groups in total. The minimum absolute atomic E-state index is 0.00586. The number of carbonyl (C=O) groups is 2. The third-order valence-electron chi connectivity index (χ3n) is 4.27. The number of aliphatic carboxylic acids is 1. The van der Waals surface area contributed by atoms with Crippen LogP contribution in [0.1, 0.15) is 72.1 Å². The van der Waals surface area contributed by atoms with Gasteiger partial charge in [-0.15, -0.1) is 0 Å². The van der Waals surface area contributed by atoms with Crippen LogP contribution < -0.4 is 5.32 Å². The molecule has 116 valence electrons. The number of nitrogens with one attached hydrogen (secondary N) is 1. The number of hydrogen-bond donors (Lipinski definition) is 2. The van der Waals surface area contributed by atoms with Gasteiger partial charge in [0.05, 0.1) is 6.42 Å². The summed E-state index contributed by atoms with van der Waals surface area (Å²) in [5, 5.41) is 12.0. The van der Waals surface area contributed by atoms with E-state index in [4.69, 9.17) is 5.11 Å². The number of carboxylic acids is 1. The van der Waals surface area contributed by atoms with Crippen molar-refractivity contribution >= 4 is 11.9 Å². The Bertz CT molecular complexity index is 333. The molecule has 0 aromatic rings. The van der Waals surface area contributed by atoms with Crippen LogP contribution in [0.4, 0.5) is 0 Å². The zero-order valence-corrected chi connectivity index (χ0v) is 13.1. The van der Waals surface area contributed by atoms with Crippen molar-refractivity contribution in [1.29, 1.82) is 0 Å². The molecule has 1 rings (SSSR count). The quantitative estimate of drug-likeness (QED) is 0.753. The summed E-state index contributed by atoms with van der Waals surface area (Å²) in [5.41, 5.74) is -0.485. The zero-order chi connectivity index (χ0) is 15.2. The molecule has 20 heavy (non-hydrogen) atoms. The predicted octanol–water partition coefficient (Wildman–Crippen LogP) is 3.35. The first kappa shape index (κ1) is 17.0. The van der Waals surface area contributed by atoms with Gasteiger partial charge in [0.25, 0.3) is 0 Å². The Labute approximate surface area is 122 Å². The number of carbonyl (C=O) groups excluding carboxylic acids is 1. The largest absolute Gasteiger partial charge is 0.481 e. The van der Waals surface area contributed by atoms with E-state index in [1.807, 2.05) is 13.8 Å². The van der Waals surface area contributed by atoms with Gasteiger partial charge in [-0.3, -0.25) is 9.59 Å². The smallest absolute Gasteiger partial charge is 0.303 e. The van der Waals surface area contributed by atoms with Crippen molar-refractivity contribution in [3.8, 4) is 0 Å². The normalized spacial score (nSPS) is 18.6. The Balaban J connectivity index is 2.48. The molecule has 1 fully saturated rings. The summed E-state index contributed by atoms with van der Waals surface area (Å²) in [7, 11) is 0. The molecule has 4 nitrogen and oxygen atoms in total. The van der Waals surface area contributed by atoms with Gasteiger partial charge in [0.1, 0.15) is 0 Å². The molecule has 0 heterocycles. The lowest BCUT2D eigenvalue weighted by molar-refractivity contribution is -0.139. The van der Waals surface area contributed by atoms with Gasteiger partial charge >= 0.3 is 5.97 Å². The molecule has 1 atom stereocenters. The topological polar surface area (TPSA) is 66.4 Å². The van der Waals surface area contributed by atoms with E-state index in [1.165, 1.54) is 32.1 Å². The molecule has 0 aromatic carbocycles. The van der Waals surface area contributed by atoms with Gasteiger partial charge < -0.3 is 10.4 Å². The molecule has 0 spiro atoms. The molecule has 1 aliphatic rings. The lowest BCUT2D eigenvalue weighted by Crippen LogP contribution is -2.42. The van der Waals surface area contributed by atoms with Gasteiger partial charge in [0.15, 0.2) is 0 Å². The lowest BCUT2D eigenvalue weighted by Gasteiger charge is -2.31. The van der Waals surface area contributed by atoms with Crippen molar-refractivity contribution in [1.82, 2.24) is 5.32 Å². The average Bonchev–Trinajstić information content (AvgIpc) is 2.34. The Morgan fingerprint density at radius 2 is 1.80 bits per heavy atom. The van der Waals surface area contributed by atoms with Crippen molar-refractivity contribution in [2.45, 2.75) is 78.2 Å². The first-order chi connectivity index (χ1) is 9.34. The van der Waals surface area contributed by atoms with Crippen LogP contribution in [0.3, 0.4) is 0 Å². The third kappa shape index (κ3) is 5.93. The highest BCUT2D eigenvalue weighted by Gasteiger charge is 2.28. The van der Waals surface area contributed by atoms with E-state index in [0.717, 1.165) is 6.42 Å². The Morgan fingerprint density at radius 1 is 1.20 bits per heavy atom. The molecule has 1 saturated carbocycles. The first-order valence-corrected chi connectivity index (χ1v) is 7.85. The van der Waals surface area contributed by atoms with E-state index in [-0.39, 0.29) is 24.8 Å². The van der Waals surface area contributed by atoms with E-state index in [2.05, 4.69) is 12.2 Å². The fourth-order valence-electron chi connectivity index (χ4n) is 3.25. The van der Waals surface area contributed by atoms with E-state index >= 15 is 0 Å². The first-order valence-electron chi connectivity index (χ1n) is 7.85. The monoisotopic (exact) mass is 283 g/mol. The molecule has 0 bridgehead atoms. The molecule has 0 aliphatic heterocycles. The standard InChI is InChI=1S/C16H29NO3/c1-4-13(12-8-6-5-7-9-12)17-14(18)10-16(2,3)11-15(19)20/h12-13H,4-11H2,1-3H3,(H,17,18)(H,19,20). The maximum absolute atomic E-state index is 12.1. The van der Waals surface area contributed by atoms with Crippen LogP contribution >= 0.6 is 0 Å². The second-order valence-electron chi connectivity index (χ2n) is 6.89. The Hall–Kier alpha value is -1.06. The van der Waals surface area contributed by atoms with E-state index < -0.39 is 11.4 Å². The van der Waals surface area contributed by atoms with Crippen molar-refractivity contribution in [2.75, 3.05) is 0 Å². The second-order valence-corrected chi connectivity index (χ2v) is 6.89. The second kappa shape index (κ2) is 7.65. The van der Waals surface area contributed by atoms with Crippen molar-refractivity contribution in [3.05, 3.63) is 0 Å². The van der Waals surface area contributed by atoms with E-state index in [9.17, 15) is 9.59 Å². The summed E-state index contributed by atoms with van der Waals surface area (Å²) >= 11 is 0. The average molecular weight is 283 g/mol. The Morgan fingerprint density at radius 3 is 2.30 bits per heavy atom. The van der Waals surface area contributed by atoms with Crippen LogP contribution in [0.2, 0.25) is 0 Å². The fraction of sp³-hybridized carbons (Fsp3) is 0.875. The summed E-state index contributed by atoms with van der Waals surface area (Å²) in [6.07, 6.45) is 7.52. The van der Waals surface area contributed by atoms with Gasteiger partial charge in [-0.25, -0.2) is 0 Å². The molecule has 0 radical (unpaired) electrons. The minimum Gasteiger partial charge on any atom is -0.481 e. The van der Waals surface area contributed by atoms with Gasteiger partial charge in [0.2, 0.25) is 5.91 Å². The highest BCUT2D eigenvalue weighted by Crippen LogP contribution is 2.29. The maximum Gasteiger partial charge on any atom is 0.303 e. The van der Waals surface area contributed by atoms with Gasteiger partial charge in [-0.05, 0) is 30.6 Å². The van der Waals surface area contributed by atoms with E-state index in [0.29, 0.717) is 5.92 Å². The summed E-state index contributed by atoms with van der Waals surface area (Å²) in [4.78, 5) is 22.9. The fourth-order valence-corrected chi connectivity index (χ4v) is 3.25. The van der Waals surface area contributed by atoms with Crippen molar-refractivity contribution in [3.63, 3.8) is 0 Å². The van der Waals surface area contributed by atoms with Gasteiger partial charge in [-0.2, -0.15) is 0 Å².